The van der Waals surface area contributed by atoms with Crippen LogP contribution in [0, 0.1) is 0 Å². The number of rotatable bonds is 16. The van der Waals surface area contributed by atoms with Crippen LogP contribution in [0.15, 0.2) is 37.4 Å². The molecule has 0 saturated heterocycles. The first-order valence-corrected chi connectivity index (χ1v) is 10.4. The number of unbranched alkanes of at least 4 members (excludes halogenated alkanes) is 12. The molecule has 0 spiro atoms. The van der Waals surface area contributed by atoms with Crippen molar-refractivity contribution in [2.75, 3.05) is 0 Å². The molecule has 0 amide bonds. The molecule has 4 nitrogen and oxygen atoms in total. The van der Waals surface area contributed by atoms with Gasteiger partial charge >= 0.3 is 0 Å². The van der Waals surface area contributed by atoms with Gasteiger partial charge in [0, 0.05) is 37.9 Å². The summed E-state index contributed by atoms with van der Waals surface area (Å²) in [5.41, 5.74) is 0. The van der Waals surface area contributed by atoms with E-state index in [-0.39, 0.29) is 12.4 Å². The second-order valence-electron chi connectivity index (χ2n) is 7.20. The Labute approximate surface area is 165 Å². The van der Waals surface area contributed by atoms with Crippen LogP contribution in [-0.4, -0.2) is 19.1 Å². The zero-order chi connectivity index (χ0) is 17.4. The average molecular weight is 381 g/mol. The van der Waals surface area contributed by atoms with Crippen LogP contribution in [0.1, 0.15) is 83.5 Å². The molecule has 5 heteroatoms. The molecule has 0 bridgehead atoms. The van der Waals surface area contributed by atoms with Crippen LogP contribution in [0.3, 0.4) is 0 Å². The highest BCUT2D eigenvalue weighted by Crippen LogP contribution is 2.13. The molecule has 2 aromatic rings. The van der Waals surface area contributed by atoms with Crippen molar-refractivity contribution in [3.05, 3.63) is 37.4 Å². The second kappa shape index (κ2) is 15.9. The predicted molar refractivity (Wildman–Crippen MR) is 112 cm³/mol. The van der Waals surface area contributed by atoms with E-state index in [1.807, 2.05) is 25.0 Å². The fraction of sp³-hybridized carbons (Fsp3) is 0.714. The Morgan fingerprint density at radius 3 is 1.04 bits per heavy atom. The second-order valence-corrected chi connectivity index (χ2v) is 7.20. The number of hydrogen-bond donors (Lipinski definition) is 0. The minimum atomic E-state index is 0. The van der Waals surface area contributed by atoms with Gasteiger partial charge in [0.05, 0.1) is 12.7 Å². The zero-order valence-corrected chi connectivity index (χ0v) is 17.1. The SMILES string of the molecule is Cl.c1cn(CCCCCCCCCCCCCCCn2ccnc2)cn1. The van der Waals surface area contributed by atoms with Gasteiger partial charge in [-0.05, 0) is 12.8 Å². The Kier molecular flexibility index (Phi) is 13.9. The largest absolute Gasteiger partial charge is 0.337 e. The highest BCUT2D eigenvalue weighted by molar-refractivity contribution is 5.85. The van der Waals surface area contributed by atoms with Gasteiger partial charge in [-0.3, -0.25) is 0 Å². The third-order valence-electron chi connectivity index (χ3n) is 4.95. The first kappa shape index (κ1) is 22.8. The minimum absolute atomic E-state index is 0. The van der Waals surface area contributed by atoms with Gasteiger partial charge in [0.1, 0.15) is 0 Å². The molecule has 2 rings (SSSR count). The van der Waals surface area contributed by atoms with Crippen LogP contribution in [0.2, 0.25) is 0 Å². The van der Waals surface area contributed by atoms with E-state index >= 15 is 0 Å². The first-order valence-electron chi connectivity index (χ1n) is 10.4. The lowest BCUT2D eigenvalue weighted by Gasteiger charge is -2.04. The molecule has 0 aliphatic heterocycles. The molecule has 0 aliphatic rings. The number of aryl methyl sites for hydroxylation is 2. The van der Waals surface area contributed by atoms with Gasteiger partial charge in [-0.2, -0.15) is 0 Å². The summed E-state index contributed by atoms with van der Waals surface area (Å²) in [6, 6.07) is 0. The van der Waals surface area contributed by atoms with Crippen molar-refractivity contribution in [3.8, 4) is 0 Å². The van der Waals surface area contributed by atoms with Gasteiger partial charge in [0.25, 0.3) is 0 Å². The van der Waals surface area contributed by atoms with E-state index in [2.05, 4.69) is 31.5 Å². The summed E-state index contributed by atoms with van der Waals surface area (Å²) in [5.74, 6) is 0. The normalized spacial score (nSPS) is 10.8. The topological polar surface area (TPSA) is 35.6 Å². The molecule has 26 heavy (non-hydrogen) atoms. The van der Waals surface area contributed by atoms with Crippen LogP contribution in [0.5, 0.6) is 0 Å². The van der Waals surface area contributed by atoms with E-state index in [1.165, 1.54) is 83.5 Å². The standard InChI is InChI=1S/C21H36N4.ClH/c1(2-4-6-8-10-12-16-24-18-14-22-20-24)3-5-7-9-11-13-17-25-19-15-23-21-25;/h14-15,18-21H,1-13,16-17H2;1H. The Balaban J connectivity index is 0.00000338. The van der Waals surface area contributed by atoms with Crippen molar-refractivity contribution in [1.29, 1.82) is 0 Å². The number of aromatic nitrogens is 4. The van der Waals surface area contributed by atoms with Crippen LogP contribution in [0.4, 0.5) is 0 Å². The van der Waals surface area contributed by atoms with E-state index in [0.29, 0.717) is 0 Å². The molecule has 0 unspecified atom stereocenters. The lowest BCUT2D eigenvalue weighted by atomic mass is 10.0. The van der Waals surface area contributed by atoms with Gasteiger partial charge in [-0.1, -0.05) is 70.6 Å². The number of halogens is 1. The van der Waals surface area contributed by atoms with Crippen molar-refractivity contribution < 1.29 is 0 Å². The molecule has 2 aromatic heterocycles. The maximum atomic E-state index is 4.08. The van der Waals surface area contributed by atoms with Crippen molar-refractivity contribution in [3.63, 3.8) is 0 Å². The summed E-state index contributed by atoms with van der Waals surface area (Å²) in [6.07, 6.45) is 29.7. The highest BCUT2D eigenvalue weighted by Gasteiger charge is 1.95. The molecule has 2 heterocycles. The smallest absolute Gasteiger partial charge is 0.0945 e. The third-order valence-corrected chi connectivity index (χ3v) is 4.95. The molecular weight excluding hydrogens is 344 g/mol. The summed E-state index contributed by atoms with van der Waals surface area (Å²) >= 11 is 0. The van der Waals surface area contributed by atoms with E-state index < -0.39 is 0 Å². The van der Waals surface area contributed by atoms with E-state index in [1.54, 1.807) is 0 Å². The number of nitrogens with zero attached hydrogens (tertiary/aromatic N) is 4. The van der Waals surface area contributed by atoms with Crippen LogP contribution >= 0.6 is 12.4 Å². The van der Waals surface area contributed by atoms with Gasteiger partial charge in [0.15, 0.2) is 0 Å². The average Bonchev–Trinajstić information content (AvgIpc) is 3.32. The van der Waals surface area contributed by atoms with Gasteiger partial charge < -0.3 is 9.13 Å². The molecule has 0 atom stereocenters. The molecule has 0 aromatic carbocycles. The fourth-order valence-corrected chi connectivity index (χ4v) is 3.37. The lowest BCUT2D eigenvalue weighted by Crippen LogP contribution is -1.94. The van der Waals surface area contributed by atoms with E-state index in [9.17, 15) is 0 Å². The van der Waals surface area contributed by atoms with Crippen molar-refractivity contribution in [2.45, 2.75) is 96.6 Å². The van der Waals surface area contributed by atoms with Gasteiger partial charge in [0.2, 0.25) is 0 Å². The van der Waals surface area contributed by atoms with Crippen molar-refractivity contribution in [2.24, 2.45) is 0 Å². The van der Waals surface area contributed by atoms with Crippen LogP contribution in [-0.2, 0) is 13.1 Å². The van der Waals surface area contributed by atoms with Crippen LogP contribution < -0.4 is 0 Å². The summed E-state index contributed by atoms with van der Waals surface area (Å²) in [7, 11) is 0. The molecular formula is C21H37ClN4. The Bertz CT molecular complexity index is 450. The molecule has 148 valence electrons. The minimum Gasteiger partial charge on any atom is -0.337 e. The summed E-state index contributed by atoms with van der Waals surface area (Å²) in [4.78, 5) is 8.15. The van der Waals surface area contributed by atoms with E-state index in [4.69, 9.17) is 0 Å². The summed E-state index contributed by atoms with van der Waals surface area (Å²) in [6.45, 7) is 2.25. The maximum Gasteiger partial charge on any atom is 0.0945 e. The van der Waals surface area contributed by atoms with E-state index in [0.717, 1.165) is 13.1 Å². The van der Waals surface area contributed by atoms with Crippen molar-refractivity contribution >= 4 is 12.4 Å². The summed E-state index contributed by atoms with van der Waals surface area (Å²) in [5, 5.41) is 0. The third kappa shape index (κ3) is 11.3. The monoisotopic (exact) mass is 380 g/mol. The predicted octanol–water partition coefficient (Wildman–Crippen LogP) is 6.27. The molecule has 0 aliphatic carbocycles. The first-order chi connectivity index (χ1) is 12.4. The van der Waals surface area contributed by atoms with Crippen LogP contribution in [0.25, 0.3) is 0 Å². The van der Waals surface area contributed by atoms with Gasteiger partial charge in [-0.25, -0.2) is 9.97 Å². The number of hydrogen-bond acceptors (Lipinski definition) is 2. The lowest BCUT2D eigenvalue weighted by molar-refractivity contribution is 0.518. The summed E-state index contributed by atoms with van der Waals surface area (Å²) < 4.78 is 4.36. The highest BCUT2D eigenvalue weighted by atomic mass is 35.5. The van der Waals surface area contributed by atoms with Gasteiger partial charge in [-0.15, -0.1) is 12.4 Å². The molecule has 0 N–H and O–H groups in total. The molecule has 0 fully saturated rings. The molecule has 0 radical (unpaired) electrons. The number of imidazole rings is 2. The zero-order valence-electron chi connectivity index (χ0n) is 16.3. The quantitative estimate of drug-likeness (QED) is 0.321. The molecule has 0 saturated carbocycles. The fourth-order valence-electron chi connectivity index (χ4n) is 3.37. The Hall–Kier alpha value is -1.29. The Morgan fingerprint density at radius 1 is 0.462 bits per heavy atom. The Morgan fingerprint density at radius 2 is 0.769 bits per heavy atom. The van der Waals surface area contributed by atoms with Crippen molar-refractivity contribution in [1.82, 2.24) is 19.1 Å². The maximum absolute atomic E-state index is 4.08.